The summed E-state index contributed by atoms with van der Waals surface area (Å²) in [5.74, 6) is 1.79. The number of hydrogen-bond acceptors (Lipinski definition) is 3. The van der Waals surface area contributed by atoms with Crippen LogP contribution in [0.5, 0.6) is 11.5 Å². The molecule has 0 atom stereocenters. The molecule has 2 rings (SSSR count). The maximum atomic E-state index is 6.17. The van der Waals surface area contributed by atoms with Crippen LogP contribution in [-0.4, -0.2) is 12.1 Å². The number of aryl methyl sites for hydroxylation is 1. The lowest BCUT2D eigenvalue weighted by molar-refractivity contribution is 0.296. The summed E-state index contributed by atoms with van der Waals surface area (Å²) in [7, 11) is 1.65. The summed E-state index contributed by atoms with van der Waals surface area (Å²) in [6.45, 7) is 4.24. The van der Waals surface area contributed by atoms with E-state index in [-0.39, 0.29) is 0 Å². The SMILES string of the molecule is COc1c(C)cnc(COc2c(Cl)cccc2CCl)c1C. The fraction of sp³-hybridized carbons (Fsp3) is 0.312. The predicted octanol–water partition coefficient (Wildman–Crippen LogP) is 4.68. The zero-order valence-corrected chi connectivity index (χ0v) is 13.8. The first-order chi connectivity index (χ1) is 10.1. The highest BCUT2D eigenvalue weighted by Gasteiger charge is 2.12. The molecule has 0 aliphatic heterocycles. The normalized spacial score (nSPS) is 10.5. The summed E-state index contributed by atoms with van der Waals surface area (Å²) in [5.41, 5.74) is 3.65. The van der Waals surface area contributed by atoms with Crippen LogP contribution < -0.4 is 9.47 Å². The van der Waals surface area contributed by atoms with Gasteiger partial charge in [0.25, 0.3) is 0 Å². The highest BCUT2D eigenvalue weighted by molar-refractivity contribution is 6.32. The van der Waals surface area contributed by atoms with Crippen molar-refractivity contribution < 1.29 is 9.47 Å². The van der Waals surface area contributed by atoms with Gasteiger partial charge in [-0.2, -0.15) is 0 Å². The number of methoxy groups -OCH3 is 1. The van der Waals surface area contributed by atoms with Crippen LogP contribution in [0.25, 0.3) is 0 Å². The minimum atomic E-state index is 0.316. The van der Waals surface area contributed by atoms with E-state index < -0.39 is 0 Å². The third kappa shape index (κ3) is 3.42. The molecule has 0 N–H and O–H groups in total. The summed E-state index contributed by atoms with van der Waals surface area (Å²) >= 11 is 12.1. The van der Waals surface area contributed by atoms with Gasteiger partial charge in [0, 0.05) is 22.9 Å². The second-order valence-electron chi connectivity index (χ2n) is 4.70. The van der Waals surface area contributed by atoms with E-state index in [0.717, 1.165) is 28.1 Å². The van der Waals surface area contributed by atoms with E-state index >= 15 is 0 Å². The van der Waals surface area contributed by atoms with Crippen LogP contribution >= 0.6 is 23.2 Å². The standard InChI is InChI=1S/C16H17Cl2NO2/c1-10-8-19-14(11(2)15(10)20-3)9-21-16-12(7-17)5-4-6-13(16)18/h4-6,8H,7,9H2,1-3H3. The lowest BCUT2D eigenvalue weighted by Gasteiger charge is -2.15. The average molecular weight is 326 g/mol. The fourth-order valence-electron chi connectivity index (χ4n) is 2.18. The monoisotopic (exact) mass is 325 g/mol. The Kier molecular flexibility index (Phi) is 5.32. The minimum Gasteiger partial charge on any atom is -0.496 e. The Hall–Kier alpha value is -1.45. The van der Waals surface area contributed by atoms with Crippen LogP contribution in [0.3, 0.4) is 0 Å². The molecule has 0 radical (unpaired) electrons. The van der Waals surface area contributed by atoms with Crippen molar-refractivity contribution in [1.29, 1.82) is 0 Å². The van der Waals surface area contributed by atoms with Gasteiger partial charge in [-0.1, -0.05) is 23.7 Å². The van der Waals surface area contributed by atoms with Gasteiger partial charge in [0.15, 0.2) is 0 Å². The molecular weight excluding hydrogens is 309 g/mol. The average Bonchev–Trinajstić information content (AvgIpc) is 2.48. The Morgan fingerprint density at radius 2 is 1.95 bits per heavy atom. The van der Waals surface area contributed by atoms with Crippen molar-refractivity contribution in [2.24, 2.45) is 0 Å². The summed E-state index contributed by atoms with van der Waals surface area (Å²) < 4.78 is 11.2. The molecule has 2 aromatic rings. The number of para-hydroxylation sites is 1. The van der Waals surface area contributed by atoms with Gasteiger partial charge in [0.05, 0.1) is 23.7 Å². The van der Waals surface area contributed by atoms with Crippen LogP contribution in [0.1, 0.15) is 22.4 Å². The molecule has 112 valence electrons. The Balaban J connectivity index is 2.25. The molecule has 0 bridgehead atoms. The van der Waals surface area contributed by atoms with Gasteiger partial charge in [-0.3, -0.25) is 4.98 Å². The Labute approximate surface area is 134 Å². The molecule has 1 heterocycles. The maximum absolute atomic E-state index is 6.17. The number of halogens is 2. The molecule has 5 heteroatoms. The Morgan fingerprint density at radius 1 is 1.19 bits per heavy atom. The molecule has 21 heavy (non-hydrogen) atoms. The largest absolute Gasteiger partial charge is 0.496 e. The van der Waals surface area contributed by atoms with Gasteiger partial charge >= 0.3 is 0 Å². The van der Waals surface area contributed by atoms with E-state index in [1.807, 2.05) is 26.0 Å². The lowest BCUT2D eigenvalue weighted by Crippen LogP contribution is -2.05. The number of nitrogens with zero attached hydrogens (tertiary/aromatic N) is 1. The number of rotatable bonds is 5. The highest BCUT2D eigenvalue weighted by atomic mass is 35.5. The summed E-state index contributed by atoms with van der Waals surface area (Å²) in [4.78, 5) is 4.41. The number of hydrogen-bond donors (Lipinski definition) is 0. The summed E-state index contributed by atoms with van der Waals surface area (Å²) in [6, 6.07) is 5.53. The van der Waals surface area contributed by atoms with Gasteiger partial charge < -0.3 is 9.47 Å². The van der Waals surface area contributed by atoms with Crippen molar-refractivity contribution in [1.82, 2.24) is 4.98 Å². The second kappa shape index (κ2) is 7.01. The van der Waals surface area contributed by atoms with Crippen molar-refractivity contribution in [2.45, 2.75) is 26.3 Å². The van der Waals surface area contributed by atoms with Gasteiger partial charge in [0.1, 0.15) is 18.1 Å². The van der Waals surface area contributed by atoms with Crippen LogP contribution in [0.15, 0.2) is 24.4 Å². The topological polar surface area (TPSA) is 31.4 Å². The maximum Gasteiger partial charge on any atom is 0.142 e. The minimum absolute atomic E-state index is 0.316. The first-order valence-electron chi connectivity index (χ1n) is 6.53. The molecule has 0 saturated heterocycles. The molecule has 0 aliphatic rings. The van der Waals surface area contributed by atoms with Crippen molar-refractivity contribution in [3.05, 3.63) is 51.8 Å². The molecule has 0 spiro atoms. The van der Waals surface area contributed by atoms with E-state index in [0.29, 0.717) is 23.3 Å². The van der Waals surface area contributed by atoms with Gasteiger partial charge in [-0.15, -0.1) is 11.6 Å². The van der Waals surface area contributed by atoms with Crippen molar-refractivity contribution in [3.8, 4) is 11.5 Å². The molecule has 1 aromatic heterocycles. The van der Waals surface area contributed by atoms with E-state index in [9.17, 15) is 0 Å². The van der Waals surface area contributed by atoms with Crippen molar-refractivity contribution in [2.75, 3.05) is 7.11 Å². The van der Waals surface area contributed by atoms with Crippen LogP contribution in [0.2, 0.25) is 5.02 Å². The highest BCUT2D eigenvalue weighted by Crippen LogP contribution is 2.31. The van der Waals surface area contributed by atoms with E-state index in [1.165, 1.54) is 0 Å². The first-order valence-corrected chi connectivity index (χ1v) is 7.45. The van der Waals surface area contributed by atoms with E-state index in [2.05, 4.69) is 4.98 Å². The second-order valence-corrected chi connectivity index (χ2v) is 5.37. The number of pyridine rings is 1. The predicted molar refractivity (Wildman–Crippen MR) is 85.6 cm³/mol. The van der Waals surface area contributed by atoms with Gasteiger partial charge in [-0.05, 0) is 19.9 Å². The Bertz CT molecular complexity index is 644. The van der Waals surface area contributed by atoms with Crippen molar-refractivity contribution >= 4 is 23.2 Å². The molecule has 1 aromatic carbocycles. The zero-order valence-electron chi connectivity index (χ0n) is 12.2. The molecule has 0 saturated carbocycles. The number of alkyl halides is 1. The third-order valence-corrected chi connectivity index (χ3v) is 3.88. The smallest absolute Gasteiger partial charge is 0.142 e. The number of benzene rings is 1. The van der Waals surface area contributed by atoms with Crippen LogP contribution in [-0.2, 0) is 12.5 Å². The van der Waals surface area contributed by atoms with Crippen molar-refractivity contribution in [3.63, 3.8) is 0 Å². The molecular formula is C16H17Cl2NO2. The number of aromatic nitrogens is 1. The molecule has 0 amide bonds. The Morgan fingerprint density at radius 3 is 2.62 bits per heavy atom. The first kappa shape index (κ1) is 15.9. The third-order valence-electron chi connectivity index (χ3n) is 3.30. The van der Waals surface area contributed by atoms with Gasteiger partial charge in [0.2, 0.25) is 0 Å². The van der Waals surface area contributed by atoms with Crippen LogP contribution in [0.4, 0.5) is 0 Å². The molecule has 3 nitrogen and oxygen atoms in total. The molecule has 0 aliphatic carbocycles. The lowest BCUT2D eigenvalue weighted by atomic mass is 10.1. The summed E-state index contributed by atoms with van der Waals surface area (Å²) in [6.07, 6.45) is 1.78. The quantitative estimate of drug-likeness (QED) is 0.748. The van der Waals surface area contributed by atoms with Gasteiger partial charge in [-0.25, -0.2) is 0 Å². The number of ether oxygens (including phenoxy) is 2. The van der Waals surface area contributed by atoms with E-state index in [1.54, 1.807) is 19.4 Å². The molecule has 0 unspecified atom stereocenters. The zero-order chi connectivity index (χ0) is 15.4. The summed E-state index contributed by atoms with van der Waals surface area (Å²) in [5, 5.41) is 0.546. The van der Waals surface area contributed by atoms with Crippen LogP contribution in [0, 0.1) is 13.8 Å². The fourth-order valence-corrected chi connectivity index (χ4v) is 2.64. The van der Waals surface area contributed by atoms with E-state index in [4.69, 9.17) is 32.7 Å². The molecule has 0 fully saturated rings.